The number of hydrogen-bond acceptors (Lipinski definition) is 6. The lowest BCUT2D eigenvalue weighted by Gasteiger charge is -2.12. The fraction of sp³-hybridized carbons (Fsp3) is 0.0556. The molecule has 2 aromatic heterocycles. The number of rotatable bonds is 4. The number of aromatic nitrogens is 2. The van der Waals surface area contributed by atoms with Gasteiger partial charge in [0.1, 0.15) is 5.82 Å². The average molecular weight is 349 g/mol. The third kappa shape index (κ3) is 4.02. The monoisotopic (exact) mass is 349 g/mol. The molecule has 3 heterocycles. The van der Waals surface area contributed by atoms with Crippen LogP contribution < -0.4 is 5.32 Å². The lowest BCUT2D eigenvalue weighted by atomic mass is 10.1. The second kappa shape index (κ2) is 7.59. The minimum Gasteiger partial charge on any atom is -0.306 e. The van der Waals surface area contributed by atoms with E-state index in [1.54, 1.807) is 48.5 Å². The summed E-state index contributed by atoms with van der Waals surface area (Å²) in [4.78, 5) is 30.0. The normalized spacial score (nSPS) is 16.0. The zero-order chi connectivity index (χ0) is 17.6. The van der Waals surface area contributed by atoms with Crippen LogP contribution in [0, 0.1) is 0 Å². The smallest absolute Gasteiger partial charge is 0.256 e. The summed E-state index contributed by atoms with van der Waals surface area (Å²) in [5, 5.41) is 2.76. The van der Waals surface area contributed by atoms with Gasteiger partial charge in [0.25, 0.3) is 5.91 Å². The number of carbonyl (C=O) groups excluding carboxylic acids is 1. The highest BCUT2D eigenvalue weighted by molar-refractivity contribution is 7.10. The molecule has 1 amide bonds. The molecule has 6 nitrogen and oxygen atoms in total. The molecule has 0 saturated heterocycles. The first-order valence-corrected chi connectivity index (χ1v) is 8.35. The van der Waals surface area contributed by atoms with E-state index in [1.165, 1.54) is 11.3 Å². The zero-order valence-electron chi connectivity index (χ0n) is 13.5. The molecule has 0 aliphatic carbocycles. The number of aliphatic imine (C=N–C) groups is 2. The predicted molar refractivity (Wildman–Crippen MR) is 101 cm³/mol. The number of hydrogen-bond donors (Lipinski definition) is 1. The Kier molecular flexibility index (Phi) is 5.06. The van der Waals surface area contributed by atoms with Crippen molar-refractivity contribution in [3.63, 3.8) is 0 Å². The number of nitrogens with one attached hydrogen (secondary N) is 1. The molecule has 0 bridgehead atoms. The summed E-state index contributed by atoms with van der Waals surface area (Å²) in [6.45, 7) is 5.86. The molecule has 3 rings (SSSR count). The Balaban J connectivity index is 1.83. The minimum absolute atomic E-state index is 0.258. The van der Waals surface area contributed by atoms with Gasteiger partial charge in [0.15, 0.2) is 0 Å². The van der Waals surface area contributed by atoms with Crippen LogP contribution in [0.4, 0.5) is 0 Å². The Morgan fingerprint density at radius 1 is 1.32 bits per heavy atom. The second-order valence-electron chi connectivity index (χ2n) is 5.04. The molecule has 0 spiro atoms. The molecule has 0 radical (unpaired) electrons. The van der Waals surface area contributed by atoms with Crippen molar-refractivity contribution in [3.8, 4) is 0 Å². The van der Waals surface area contributed by atoms with Crippen LogP contribution in [0.1, 0.15) is 22.2 Å². The van der Waals surface area contributed by atoms with Gasteiger partial charge in [-0.2, -0.15) is 0 Å². The SMILES string of the molecule is C=C1C=NC(NC(=O)c2ccncc2)=CC1=N/C(=C\C)c1cncs1. The number of amides is 1. The molecule has 2 aromatic rings. The molecular weight excluding hydrogens is 334 g/mol. The van der Waals surface area contributed by atoms with Crippen molar-refractivity contribution in [2.45, 2.75) is 6.92 Å². The van der Waals surface area contributed by atoms with E-state index in [2.05, 4.69) is 31.8 Å². The lowest BCUT2D eigenvalue weighted by Crippen LogP contribution is -2.24. The molecular formula is C18H15N5OS. The highest BCUT2D eigenvalue weighted by Crippen LogP contribution is 2.21. The van der Waals surface area contributed by atoms with Gasteiger partial charge in [-0.25, -0.2) is 9.98 Å². The van der Waals surface area contributed by atoms with E-state index in [0.29, 0.717) is 22.7 Å². The van der Waals surface area contributed by atoms with Crippen molar-refractivity contribution in [3.05, 3.63) is 76.8 Å². The molecule has 25 heavy (non-hydrogen) atoms. The molecule has 1 aliphatic heterocycles. The summed E-state index contributed by atoms with van der Waals surface area (Å²) in [6, 6.07) is 3.27. The third-order valence-corrected chi connectivity index (χ3v) is 4.14. The maximum atomic E-state index is 12.2. The summed E-state index contributed by atoms with van der Waals surface area (Å²) in [5.74, 6) is 0.152. The van der Waals surface area contributed by atoms with Crippen LogP contribution >= 0.6 is 11.3 Å². The van der Waals surface area contributed by atoms with E-state index >= 15 is 0 Å². The van der Waals surface area contributed by atoms with E-state index < -0.39 is 0 Å². The summed E-state index contributed by atoms with van der Waals surface area (Å²) >= 11 is 1.51. The standard InChI is InChI=1S/C18H15N5OS/c1-3-14(16-10-20-11-25-16)22-15-8-17(21-9-12(15)2)23-18(24)13-4-6-19-7-5-13/h3-11H,2H2,1H3,(H,23,24)/b14-3-,22-15?. The zero-order valence-corrected chi connectivity index (χ0v) is 14.3. The lowest BCUT2D eigenvalue weighted by molar-refractivity contribution is 0.0965. The van der Waals surface area contributed by atoms with Gasteiger partial charge in [-0.3, -0.25) is 14.8 Å². The Bertz CT molecular complexity index is 908. The predicted octanol–water partition coefficient (Wildman–Crippen LogP) is 3.25. The maximum Gasteiger partial charge on any atom is 0.256 e. The van der Waals surface area contributed by atoms with Crippen molar-refractivity contribution in [1.82, 2.24) is 15.3 Å². The number of pyridine rings is 1. The summed E-state index contributed by atoms with van der Waals surface area (Å²) in [7, 11) is 0. The van der Waals surface area contributed by atoms with Crippen LogP contribution in [0.15, 0.2) is 76.3 Å². The van der Waals surface area contributed by atoms with Crippen molar-refractivity contribution in [2.24, 2.45) is 9.98 Å². The first-order valence-electron chi connectivity index (χ1n) is 7.47. The van der Waals surface area contributed by atoms with Gasteiger partial charge in [0, 0.05) is 42.0 Å². The fourth-order valence-corrected chi connectivity index (χ4v) is 2.71. The number of allylic oxidation sites excluding steroid dienone is 3. The van der Waals surface area contributed by atoms with Gasteiger partial charge < -0.3 is 5.32 Å². The summed E-state index contributed by atoms with van der Waals surface area (Å²) in [6.07, 6.45) is 10.1. The minimum atomic E-state index is -0.258. The van der Waals surface area contributed by atoms with Crippen LogP contribution in [0.5, 0.6) is 0 Å². The highest BCUT2D eigenvalue weighted by atomic mass is 32.1. The van der Waals surface area contributed by atoms with Gasteiger partial charge in [0.2, 0.25) is 0 Å². The number of carbonyl (C=O) groups is 1. The van der Waals surface area contributed by atoms with E-state index in [4.69, 9.17) is 0 Å². The van der Waals surface area contributed by atoms with E-state index in [9.17, 15) is 4.79 Å². The van der Waals surface area contributed by atoms with Gasteiger partial charge >= 0.3 is 0 Å². The molecule has 0 saturated carbocycles. The quantitative estimate of drug-likeness (QED) is 0.920. The first-order chi connectivity index (χ1) is 12.2. The van der Waals surface area contributed by atoms with E-state index in [-0.39, 0.29) is 5.91 Å². The van der Waals surface area contributed by atoms with Gasteiger partial charge in [0.05, 0.1) is 21.8 Å². The Hall–Kier alpha value is -3.19. The van der Waals surface area contributed by atoms with Crippen molar-refractivity contribution in [2.75, 3.05) is 0 Å². The number of nitrogens with zero attached hydrogens (tertiary/aromatic N) is 4. The van der Waals surface area contributed by atoms with Crippen LogP contribution in [-0.2, 0) is 0 Å². The van der Waals surface area contributed by atoms with Crippen molar-refractivity contribution >= 4 is 34.9 Å². The van der Waals surface area contributed by atoms with Crippen LogP contribution in [0.3, 0.4) is 0 Å². The maximum absolute atomic E-state index is 12.2. The molecule has 124 valence electrons. The summed E-state index contributed by atoms with van der Waals surface area (Å²) < 4.78 is 0. The summed E-state index contributed by atoms with van der Waals surface area (Å²) in [5.41, 5.74) is 4.37. The second-order valence-corrected chi connectivity index (χ2v) is 5.93. The average Bonchev–Trinajstić information content (AvgIpc) is 3.17. The molecule has 7 heteroatoms. The molecule has 0 fully saturated rings. The molecule has 1 N–H and O–H groups in total. The molecule has 0 atom stereocenters. The van der Waals surface area contributed by atoms with Gasteiger partial charge in [-0.15, -0.1) is 11.3 Å². The number of thiazole rings is 1. The largest absolute Gasteiger partial charge is 0.306 e. The Labute approximate surface area is 149 Å². The molecule has 1 aliphatic rings. The van der Waals surface area contributed by atoms with Gasteiger partial charge in [-0.1, -0.05) is 12.7 Å². The Morgan fingerprint density at radius 2 is 2.12 bits per heavy atom. The van der Waals surface area contributed by atoms with Gasteiger partial charge in [-0.05, 0) is 19.1 Å². The van der Waals surface area contributed by atoms with E-state index in [1.807, 2.05) is 13.0 Å². The Morgan fingerprint density at radius 3 is 2.80 bits per heavy atom. The van der Waals surface area contributed by atoms with Crippen molar-refractivity contribution in [1.29, 1.82) is 0 Å². The highest BCUT2D eigenvalue weighted by Gasteiger charge is 2.13. The topological polar surface area (TPSA) is 79.6 Å². The van der Waals surface area contributed by atoms with Crippen LogP contribution in [-0.4, -0.2) is 27.8 Å². The van der Waals surface area contributed by atoms with Crippen molar-refractivity contribution < 1.29 is 4.79 Å². The van der Waals surface area contributed by atoms with E-state index in [0.717, 1.165) is 10.6 Å². The third-order valence-electron chi connectivity index (χ3n) is 3.35. The first kappa shape index (κ1) is 16.7. The molecule has 0 aromatic carbocycles. The fourth-order valence-electron chi connectivity index (χ4n) is 2.07. The van der Waals surface area contributed by atoms with Crippen LogP contribution in [0.25, 0.3) is 5.70 Å². The molecule has 0 unspecified atom stereocenters. The van der Waals surface area contributed by atoms with Crippen LogP contribution in [0.2, 0.25) is 0 Å².